The molecule has 0 saturated carbocycles. The third kappa shape index (κ3) is 4.56. The van der Waals surface area contributed by atoms with Gasteiger partial charge in [-0.2, -0.15) is 8.42 Å². The zero-order chi connectivity index (χ0) is 17.0. The molecule has 1 N–H and O–H groups in total. The van der Waals surface area contributed by atoms with Gasteiger partial charge in [-0.05, 0) is 43.7 Å². The van der Waals surface area contributed by atoms with Gasteiger partial charge in [0, 0.05) is 6.92 Å². The molecule has 0 aliphatic carbocycles. The van der Waals surface area contributed by atoms with Crippen LogP contribution < -0.4 is 9.50 Å². The molecule has 0 heterocycles. The highest BCUT2D eigenvalue weighted by Gasteiger charge is 2.17. The van der Waals surface area contributed by atoms with Gasteiger partial charge < -0.3 is 9.50 Å². The Kier molecular flexibility index (Phi) is 5.05. The van der Waals surface area contributed by atoms with Gasteiger partial charge in [-0.25, -0.2) is 0 Å². The number of hydrogen-bond donors (Lipinski definition) is 1. The van der Waals surface area contributed by atoms with Crippen molar-refractivity contribution in [3.8, 4) is 5.75 Å². The van der Waals surface area contributed by atoms with Crippen LogP contribution in [0.25, 0.3) is 0 Å². The van der Waals surface area contributed by atoms with Gasteiger partial charge in [0.15, 0.2) is 0 Å². The van der Waals surface area contributed by atoms with Crippen LogP contribution in [0.15, 0.2) is 53.4 Å². The fraction of sp³-hybridized carbons (Fsp3) is 0.235. The van der Waals surface area contributed by atoms with Crippen molar-refractivity contribution in [2.75, 3.05) is 0 Å². The van der Waals surface area contributed by atoms with E-state index in [-0.39, 0.29) is 22.6 Å². The molecule has 0 bridgehead atoms. The average Bonchev–Trinajstić information content (AvgIpc) is 2.46. The monoisotopic (exact) mass is 333 g/mol. The number of aryl methyl sites for hydroxylation is 1. The molecule has 2 aromatic carbocycles. The summed E-state index contributed by atoms with van der Waals surface area (Å²) in [6, 6.07) is 12.9. The smallest absolute Gasteiger partial charge is 0.339 e. The molecule has 6 heteroatoms. The lowest BCUT2D eigenvalue weighted by Gasteiger charge is -2.14. The summed E-state index contributed by atoms with van der Waals surface area (Å²) in [5.41, 5.74) is 1.73. The number of carbonyl (C=O) groups is 1. The highest BCUT2D eigenvalue weighted by molar-refractivity contribution is 7.87. The summed E-state index contributed by atoms with van der Waals surface area (Å²) in [7, 11) is -3.88. The maximum Gasteiger partial charge on any atom is 0.339 e. The zero-order valence-corrected chi connectivity index (χ0v) is 14.1. The number of amides is 1. The van der Waals surface area contributed by atoms with Crippen LogP contribution in [-0.2, 0) is 14.9 Å². The first-order valence-corrected chi connectivity index (χ1v) is 8.57. The van der Waals surface area contributed by atoms with Crippen molar-refractivity contribution in [1.82, 2.24) is 5.32 Å². The number of hydrogen-bond acceptors (Lipinski definition) is 4. The molecule has 2 aromatic rings. The maximum atomic E-state index is 12.3. The van der Waals surface area contributed by atoms with E-state index < -0.39 is 10.1 Å². The molecule has 5 nitrogen and oxygen atoms in total. The van der Waals surface area contributed by atoms with E-state index in [0.717, 1.165) is 11.1 Å². The van der Waals surface area contributed by atoms with E-state index in [4.69, 9.17) is 4.18 Å². The van der Waals surface area contributed by atoms with Crippen molar-refractivity contribution in [3.05, 3.63) is 59.7 Å². The van der Waals surface area contributed by atoms with Gasteiger partial charge in [-0.15, -0.1) is 0 Å². The first-order chi connectivity index (χ1) is 10.8. The van der Waals surface area contributed by atoms with Crippen LogP contribution in [0.5, 0.6) is 5.75 Å². The van der Waals surface area contributed by atoms with Crippen molar-refractivity contribution in [1.29, 1.82) is 0 Å². The maximum absolute atomic E-state index is 12.3. The van der Waals surface area contributed by atoms with Crippen molar-refractivity contribution in [2.45, 2.75) is 31.7 Å². The van der Waals surface area contributed by atoms with Gasteiger partial charge in [0.1, 0.15) is 10.6 Å². The number of carbonyl (C=O) groups excluding carboxylic acids is 1. The minimum absolute atomic E-state index is 0.100. The second-order valence-corrected chi connectivity index (χ2v) is 6.89. The Labute approximate surface area is 136 Å². The summed E-state index contributed by atoms with van der Waals surface area (Å²) in [4.78, 5) is 11.2. The summed E-state index contributed by atoms with van der Waals surface area (Å²) in [5.74, 6) is 0.0522. The molecule has 0 fully saturated rings. The van der Waals surface area contributed by atoms with E-state index in [1.807, 2.05) is 13.8 Å². The largest absolute Gasteiger partial charge is 0.379 e. The third-order valence-electron chi connectivity index (χ3n) is 3.29. The molecule has 0 aliphatic heterocycles. The quantitative estimate of drug-likeness (QED) is 0.854. The topological polar surface area (TPSA) is 72.5 Å². The predicted octanol–water partition coefficient (Wildman–Crippen LogP) is 2.96. The van der Waals surface area contributed by atoms with E-state index in [1.165, 1.54) is 19.1 Å². The minimum Gasteiger partial charge on any atom is -0.379 e. The van der Waals surface area contributed by atoms with Gasteiger partial charge in [0.25, 0.3) is 0 Å². The minimum atomic E-state index is -3.88. The van der Waals surface area contributed by atoms with Gasteiger partial charge in [0.2, 0.25) is 5.91 Å². The summed E-state index contributed by atoms with van der Waals surface area (Å²) < 4.78 is 29.7. The van der Waals surface area contributed by atoms with E-state index in [2.05, 4.69) is 5.32 Å². The van der Waals surface area contributed by atoms with Gasteiger partial charge >= 0.3 is 10.1 Å². The van der Waals surface area contributed by atoms with Crippen LogP contribution in [0.1, 0.15) is 31.0 Å². The van der Waals surface area contributed by atoms with Crippen molar-refractivity contribution in [2.24, 2.45) is 0 Å². The predicted molar refractivity (Wildman–Crippen MR) is 87.7 cm³/mol. The molecule has 23 heavy (non-hydrogen) atoms. The Morgan fingerprint density at radius 1 is 1.13 bits per heavy atom. The van der Waals surface area contributed by atoms with Crippen LogP contribution in [-0.4, -0.2) is 14.3 Å². The fourth-order valence-electron chi connectivity index (χ4n) is 2.10. The van der Waals surface area contributed by atoms with Crippen LogP contribution in [0, 0.1) is 6.92 Å². The molecule has 0 aromatic heterocycles. The molecule has 1 amide bonds. The standard InChI is InChI=1S/C17H19NO4S/c1-12-7-9-17(10-8-12)23(20,21)22-16-6-4-5-15(11-16)13(2)18-14(3)19/h4-11,13H,1-3H3,(H,18,19). The average molecular weight is 333 g/mol. The molecule has 0 spiro atoms. The Morgan fingerprint density at radius 3 is 2.39 bits per heavy atom. The van der Waals surface area contributed by atoms with Crippen LogP contribution in [0.3, 0.4) is 0 Å². The molecule has 0 saturated heterocycles. The molecule has 2 rings (SSSR count). The molecule has 1 unspecified atom stereocenters. The molecule has 0 radical (unpaired) electrons. The highest BCUT2D eigenvalue weighted by atomic mass is 32.2. The zero-order valence-electron chi connectivity index (χ0n) is 13.2. The fourth-order valence-corrected chi connectivity index (χ4v) is 3.03. The molecular weight excluding hydrogens is 314 g/mol. The normalized spacial score (nSPS) is 12.5. The highest BCUT2D eigenvalue weighted by Crippen LogP contribution is 2.23. The lowest BCUT2D eigenvalue weighted by atomic mass is 10.1. The molecule has 0 aliphatic rings. The SMILES string of the molecule is CC(=O)NC(C)c1cccc(OS(=O)(=O)c2ccc(C)cc2)c1. The first-order valence-electron chi connectivity index (χ1n) is 7.16. The molecule has 122 valence electrons. The van der Waals surface area contributed by atoms with Crippen molar-refractivity contribution < 1.29 is 17.4 Å². The summed E-state index contributed by atoms with van der Waals surface area (Å²) in [6.07, 6.45) is 0. The number of benzene rings is 2. The van der Waals surface area contributed by atoms with E-state index in [1.54, 1.807) is 36.4 Å². The second-order valence-electron chi connectivity index (χ2n) is 5.35. The Balaban J connectivity index is 2.22. The Bertz CT molecular complexity index is 798. The van der Waals surface area contributed by atoms with Gasteiger partial charge in [-0.3, -0.25) is 4.79 Å². The second kappa shape index (κ2) is 6.83. The van der Waals surface area contributed by atoms with Crippen LogP contribution in [0.4, 0.5) is 0 Å². The Hall–Kier alpha value is -2.34. The van der Waals surface area contributed by atoms with Crippen molar-refractivity contribution >= 4 is 16.0 Å². The van der Waals surface area contributed by atoms with E-state index >= 15 is 0 Å². The lowest BCUT2D eigenvalue weighted by molar-refractivity contribution is -0.119. The molecule has 1 atom stereocenters. The van der Waals surface area contributed by atoms with Gasteiger partial charge in [-0.1, -0.05) is 29.8 Å². The van der Waals surface area contributed by atoms with E-state index in [9.17, 15) is 13.2 Å². The van der Waals surface area contributed by atoms with Crippen molar-refractivity contribution in [3.63, 3.8) is 0 Å². The summed E-state index contributed by atoms with van der Waals surface area (Å²) >= 11 is 0. The first kappa shape index (κ1) is 17.0. The van der Waals surface area contributed by atoms with Gasteiger partial charge in [0.05, 0.1) is 6.04 Å². The lowest BCUT2D eigenvalue weighted by Crippen LogP contribution is -2.23. The van der Waals surface area contributed by atoms with E-state index in [0.29, 0.717) is 0 Å². The molecular formula is C17H19NO4S. The van der Waals surface area contributed by atoms with Crippen LogP contribution in [0.2, 0.25) is 0 Å². The number of rotatable bonds is 5. The Morgan fingerprint density at radius 2 is 1.78 bits per heavy atom. The third-order valence-corrected chi connectivity index (χ3v) is 4.55. The van der Waals surface area contributed by atoms with Crippen LogP contribution >= 0.6 is 0 Å². The summed E-state index contributed by atoms with van der Waals surface area (Å²) in [5, 5.41) is 2.74. The summed E-state index contributed by atoms with van der Waals surface area (Å²) in [6.45, 7) is 5.12. The number of nitrogens with one attached hydrogen (secondary N) is 1.